The minimum absolute atomic E-state index is 0.219. The number of rotatable bonds is 6. The number of fused-ring (bicyclic) bond motifs is 1. The lowest BCUT2D eigenvalue weighted by molar-refractivity contribution is 0.102. The van der Waals surface area contributed by atoms with Crippen molar-refractivity contribution in [2.24, 2.45) is 0 Å². The van der Waals surface area contributed by atoms with Crippen molar-refractivity contribution in [2.75, 3.05) is 5.32 Å². The lowest BCUT2D eigenvalue weighted by Crippen LogP contribution is -2.30. The van der Waals surface area contributed by atoms with Crippen LogP contribution in [-0.4, -0.2) is 15.6 Å². The Kier molecular flexibility index (Phi) is 6.15. The van der Waals surface area contributed by atoms with Gasteiger partial charge in [-0.2, -0.15) is 0 Å². The van der Waals surface area contributed by atoms with E-state index in [1.54, 1.807) is 34.9 Å². The molecule has 0 atom stereocenters. The van der Waals surface area contributed by atoms with E-state index < -0.39 is 11.5 Å². The van der Waals surface area contributed by atoms with Crippen molar-refractivity contribution in [3.63, 3.8) is 0 Å². The Balaban J connectivity index is 2.07. The van der Waals surface area contributed by atoms with Crippen molar-refractivity contribution >= 4 is 45.1 Å². The molecule has 27 heavy (non-hydrogen) atoms. The van der Waals surface area contributed by atoms with Crippen LogP contribution in [0, 0.1) is 3.57 Å². The molecule has 1 amide bonds. The molecule has 0 fully saturated rings. The van der Waals surface area contributed by atoms with Gasteiger partial charge in [-0.1, -0.05) is 31.9 Å². The number of anilines is 1. The number of hydrogen-bond acceptors (Lipinski definition) is 3. The van der Waals surface area contributed by atoms with Gasteiger partial charge in [-0.25, -0.2) is 0 Å². The average molecular weight is 476 g/mol. The summed E-state index contributed by atoms with van der Waals surface area (Å²) in [7, 11) is 0. The highest BCUT2D eigenvalue weighted by Gasteiger charge is 2.22. The highest BCUT2D eigenvalue weighted by atomic mass is 127. The van der Waals surface area contributed by atoms with Crippen LogP contribution in [-0.2, 0) is 6.54 Å². The van der Waals surface area contributed by atoms with Gasteiger partial charge in [0, 0.05) is 21.2 Å². The van der Waals surface area contributed by atoms with E-state index in [-0.39, 0.29) is 11.3 Å². The smallest absolute Gasteiger partial charge is 0.267 e. The quantitative estimate of drug-likeness (QED) is 0.399. The van der Waals surface area contributed by atoms with Gasteiger partial charge in [0.2, 0.25) is 0 Å². The Morgan fingerprint density at radius 2 is 1.81 bits per heavy atom. The van der Waals surface area contributed by atoms with Crippen molar-refractivity contribution in [3.8, 4) is 5.75 Å². The number of amides is 1. The molecule has 6 heteroatoms. The lowest BCUT2D eigenvalue weighted by atomic mass is 10.1. The van der Waals surface area contributed by atoms with Crippen LogP contribution >= 0.6 is 22.6 Å². The predicted molar refractivity (Wildman–Crippen MR) is 117 cm³/mol. The maximum Gasteiger partial charge on any atom is 0.267 e. The maximum atomic E-state index is 13.0. The maximum absolute atomic E-state index is 13.0. The number of pyridine rings is 1. The third-order valence-electron chi connectivity index (χ3n) is 4.46. The van der Waals surface area contributed by atoms with E-state index in [4.69, 9.17) is 0 Å². The predicted octanol–water partition coefficient (Wildman–Crippen LogP) is 4.75. The molecule has 0 spiro atoms. The molecular formula is C21H21IN2O3. The molecule has 1 heterocycles. The molecule has 0 aliphatic rings. The van der Waals surface area contributed by atoms with Gasteiger partial charge in [0.15, 0.2) is 0 Å². The van der Waals surface area contributed by atoms with E-state index in [2.05, 4.69) is 34.8 Å². The summed E-state index contributed by atoms with van der Waals surface area (Å²) in [5, 5.41) is 13.9. The molecule has 3 rings (SSSR count). The number of carbonyl (C=O) groups excluding carboxylic acids is 1. The third-order valence-corrected chi connectivity index (χ3v) is 5.18. The zero-order chi connectivity index (χ0) is 19.4. The summed E-state index contributed by atoms with van der Waals surface area (Å²) in [5.41, 5.74) is 0.529. The molecule has 2 aromatic carbocycles. The summed E-state index contributed by atoms with van der Waals surface area (Å²) in [5.74, 6) is -0.876. The van der Waals surface area contributed by atoms with Crippen LogP contribution in [0.3, 0.4) is 0 Å². The van der Waals surface area contributed by atoms with Gasteiger partial charge in [-0.05, 0) is 65.4 Å². The summed E-state index contributed by atoms with van der Waals surface area (Å²) in [6.45, 7) is 2.61. The summed E-state index contributed by atoms with van der Waals surface area (Å²) in [4.78, 5) is 25.8. The van der Waals surface area contributed by atoms with Crippen LogP contribution in [0.25, 0.3) is 10.9 Å². The van der Waals surface area contributed by atoms with Gasteiger partial charge in [0.05, 0.1) is 5.52 Å². The highest BCUT2D eigenvalue weighted by molar-refractivity contribution is 14.1. The lowest BCUT2D eigenvalue weighted by Gasteiger charge is -2.15. The van der Waals surface area contributed by atoms with E-state index in [1.807, 2.05) is 18.2 Å². The van der Waals surface area contributed by atoms with Gasteiger partial charge in [-0.3, -0.25) is 9.59 Å². The van der Waals surface area contributed by atoms with Crippen LogP contribution < -0.4 is 10.9 Å². The number of aromatic nitrogens is 1. The number of aromatic hydroxyl groups is 1. The monoisotopic (exact) mass is 476 g/mol. The Labute approximate surface area is 171 Å². The minimum Gasteiger partial charge on any atom is -0.506 e. The normalized spacial score (nSPS) is 10.9. The number of carbonyl (C=O) groups is 1. The van der Waals surface area contributed by atoms with E-state index in [1.165, 1.54) is 0 Å². The minimum atomic E-state index is -0.603. The Morgan fingerprint density at radius 1 is 1.11 bits per heavy atom. The number of unbranched alkanes of at least 4 members (excludes halogenated alkanes) is 2. The molecule has 140 valence electrons. The first kappa shape index (κ1) is 19.4. The molecule has 0 saturated heterocycles. The second-order valence-electron chi connectivity index (χ2n) is 6.37. The fraction of sp³-hybridized carbons (Fsp3) is 0.238. The van der Waals surface area contributed by atoms with Crippen LogP contribution in [0.5, 0.6) is 5.75 Å². The molecular weight excluding hydrogens is 455 g/mol. The van der Waals surface area contributed by atoms with Crippen LogP contribution in [0.2, 0.25) is 0 Å². The SMILES string of the molecule is CCCCCn1c(=O)c(C(=O)Nc2ccc(I)cc2)c(O)c2ccccc21. The molecule has 0 aliphatic carbocycles. The highest BCUT2D eigenvalue weighted by Crippen LogP contribution is 2.27. The summed E-state index contributed by atoms with van der Waals surface area (Å²) < 4.78 is 2.63. The molecule has 1 aromatic heterocycles. The summed E-state index contributed by atoms with van der Waals surface area (Å²) >= 11 is 2.18. The van der Waals surface area contributed by atoms with Gasteiger partial charge in [0.25, 0.3) is 11.5 Å². The fourth-order valence-corrected chi connectivity index (χ4v) is 3.42. The largest absolute Gasteiger partial charge is 0.506 e. The van der Waals surface area contributed by atoms with E-state index in [0.29, 0.717) is 23.1 Å². The molecule has 0 bridgehead atoms. The Morgan fingerprint density at radius 3 is 2.52 bits per heavy atom. The fourth-order valence-electron chi connectivity index (χ4n) is 3.06. The first-order chi connectivity index (χ1) is 13.0. The number of halogens is 1. The van der Waals surface area contributed by atoms with E-state index >= 15 is 0 Å². The number of aryl methyl sites for hydroxylation is 1. The van der Waals surface area contributed by atoms with E-state index in [9.17, 15) is 14.7 Å². The third kappa shape index (κ3) is 4.16. The van der Waals surface area contributed by atoms with Crippen LogP contribution in [0.4, 0.5) is 5.69 Å². The first-order valence-electron chi connectivity index (χ1n) is 8.94. The Bertz CT molecular complexity index is 1030. The zero-order valence-electron chi connectivity index (χ0n) is 15.0. The van der Waals surface area contributed by atoms with Crippen molar-refractivity contribution in [3.05, 3.63) is 68.0 Å². The number of hydrogen-bond donors (Lipinski definition) is 2. The van der Waals surface area contributed by atoms with Crippen molar-refractivity contribution in [1.82, 2.24) is 4.57 Å². The second kappa shape index (κ2) is 8.56. The molecule has 5 nitrogen and oxygen atoms in total. The summed E-state index contributed by atoms with van der Waals surface area (Å²) in [6, 6.07) is 14.4. The van der Waals surface area contributed by atoms with Gasteiger partial charge in [0.1, 0.15) is 11.3 Å². The standard InChI is InChI=1S/C21H21IN2O3/c1-2-3-6-13-24-17-8-5-4-7-16(17)19(25)18(21(24)27)20(26)23-15-11-9-14(22)10-12-15/h4-5,7-12,25H,2-3,6,13H2,1H3,(H,23,26). The van der Waals surface area contributed by atoms with Crippen molar-refractivity contribution < 1.29 is 9.90 Å². The second-order valence-corrected chi connectivity index (χ2v) is 7.61. The van der Waals surface area contributed by atoms with Gasteiger partial charge < -0.3 is 15.0 Å². The van der Waals surface area contributed by atoms with Gasteiger partial charge >= 0.3 is 0 Å². The molecule has 0 radical (unpaired) electrons. The Hall–Kier alpha value is -2.35. The van der Waals surface area contributed by atoms with E-state index in [0.717, 1.165) is 22.8 Å². The number of para-hydroxylation sites is 1. The molecule has 3 aromatic rings. The van der Waals surface area contributed by atoms with Gasteiger partial charge in [-0.15, -0.1) is 0 Å². The first-order valence-corrected chi connectivity index (χ1v) is 10.0. The molecule has 2 N–H and O–H groups in total. The average Bonchev–Trinajstić information content (AvgIpc) is 2.66. The van der Waals surface area contributed by atoms with Crippen LogP contribution in [0.15, 0.2) is 53.3 Å². The molecule has 0 unspecified atom stereocenters. The molecule has 0 saturated carbocycles. The van der Waals surface area contributed by atoms with Crippen LogP contribution in [0.1, 0.15) is 36.5 Å². The molecule has 0 aliphatic heterocycles. The topological polar surface area (TPSA) is 71.3 Å². The number of nitrogens with one attached hydrogen (secondary N) is 1. The zero-order valence-corrected chi connectivity index (χ0v) is 17.2. The number of benzene rings is 2. The number of nitrogens with zero attached hydrogens (tertiary/aromatic N) is 1. The summed E-state index contributed by atoms with van der Waals surface area (Å²) in [6.07, 6.45) is 2.86. The van der Waals surface area contributed by atoms with Crippen molar-refractivity contribution in [1.29, 1.82) is 0 Å². The van der Waals surface area contributed by atoms with Crippen molar-refractivity contribution in [2.45, 2.75) is 32.7 Å².